The standard InChI is InChI=1S/C19H15ClN4O2/c1-12-3-2-4-15-18(12)22-11-24(19(15)26)8-7-17(25)23-14-6-5-13(10-21)16(20)9-14/h2-6,9,11H,7-8H2,1H3,(H,23,25). The number of fused-ring (bicyclic) bond motifs is 1. The molecule has 0 unspecified atom stereocenters. The summed E-state index contributed by atoms with van der Waals surface area (Å²) in [6, 6.07) is 12.1. The van der Waals surface area contributed by atoms with Crippen molar-refractivity contribution in [2.24, 2.45) is 0 Å². The summed E-state index contributed by atoms with van der Waals surface area (Å²) < 4.78 is 1.42. The summed E-state index contributed by atoms with van der Waals surface area (Å²) in [5.74, 6) is -0.262. The van der Waals surface area contributed by atoms with Gasteiger partial charge < -0.3 is 5.32 Å². The van der Waals surface area contributed by atoms with Gasteiger partial charge in [0.05, 0.1) is 27.8 Å². The lowest BCUT2D eigenvalue weighted by Crippen LogP contribution is -2.23. The van der Waals surface area contributed by atoms with Crippen molar-refractivity contribution in [1.29, 1.82) is 5.26 Å². The molecule has 26 heavy (non-hydrogen) atoms. The zero-order valence-corrected chi connectivity index (χ0v) is 14.7. The molecule has 0 aliphatic rings. The fourth-order valence-electron chi connectivity index (χ4n) is 2.63. The number of nitrogens with zero attached hydrogens (tertiary/aromatic N) is 3. The maximum atomic E-state index is 12.5. The van der Waals surface area contributed by atoms with Gasteiger partial charge in [0.2, 0.25) is 5.91 Å². The number of nitrogens with one attached hydrogen (secondary N) is 1. The number of hydrogen-bond acceptors (Lipinski definition) is 4. The van der Waals surface area contributed by atoms with Gasteiger partial charge in [-0.25, -0.2) is 4.98 Å². The zero-order valence-electron chi connectivity index (χ0n) is 14.0. The fraction of sp³-hybridized carbons (Fsp3) is 0.158. The molecule has 1 N–H and O–H groups in total. The van der Waals surface area contributed by atoms with Crippen LogP contribution in [-0.2, 0) is 11.3 Å². The number of amides is 1. The average Bonchev–Trinajstić information content (AvgIpc) is 2.62. The second kappa shape index (κ2) is 7.38. The summed E-state index contributed by atoms with van der Waals surface area (Å²) in [6.07, 6.45) is 1.57. The predicted octanol–water partition coefficient (Wildman–Crippen LogP) is 3.26. The number of nitriles is 1. The van der Waals surface area contributed by atoms with E-state index in [1.54, 1.807) is 12.1 Å². The number of carbonyl (C=O) groups is 1. The number of para-hydroxylation sites is 1. The van der Waals surface area contributed by atoms with Crippen molar-refractivity contribution in [3.8, 4) is 6.07 Å². The first-order valence-electron chi connectivity index (χ1n) is 7.94. The Hall–Kier alpha value is -3.17. The minimum atomic E-state index is -0.262. The van der Waals surface area contributed by atoms with Crippen molar-refractivity contribution in [1.82, 2.24) is 9.55 Å². The molecule has 0 saturated heterocycles. The SMILES string of the molecule is Cc1cccc2c(=O)n(CCC(=O)Nc3ccc(C#N)c(Cl)c3)cnc12. The van der Waals surface area contributed by atoms with Gasteiger partial charge in [-0.3, -0.25) is 14.2 Å². The summed E-state index contributed by atoms with van der Waals surface area (Å²) in [5, 5.41) is 12.4. The topological polar surface area (TPSA) is 87.8 Å². The molecule has 0 aliphatic heterocycles. The Morgan fingerprint density at radius 1 is 1.35 bits per heavy atom. The molecule has 6 nitrogen and oxygen atoms in total. The molecule has 0 fully saturated rings. The van der Waals surface area contributed by atoms with Crippen molar-refractivity contribution >= 4 is 34.1 Å². The molecule has 1 amide bonds. The van der Waals surface area contributed by atoms with Gasteiger partial charge in [-0.1, -0.05) is 23.7 Å². The molecule has 130 valence electrons. The van der Waals surface area contributed by atoms with Crippen LogP contribution < -0.4 is 10.9 Å². The summed E-state index contributed by atoms with van der Waals surface area (Å²) in [6.45, 7) is 2.11. The van der Waals surface area contributed by atoms with Gasteiger partial charge >= 0.3 is 0 Å². The van der Waals surface area contributed by atoms with Gasteiger partial charge in [0.15, 0.2) is 0 Å². The van der Waals surface area contributed by atoms with Crippen LogP contribution in [-0.4, -0.2) is 15.5 Å². The van der Waals surface area contributed by atoms with Crippen molar-refractivity contribution in [2.75, 3.05) is 5.32 Å². The normalized spacial score (nSPS) is 10.5. The van der Waals surface area contributed by atoms with Gasteiger partial charge in [-0.2, -0.15) is 5.26 Å². The predicted molar refractivity (Wildman–Crippen MR) is 100 cm³/mol. The zero-order chi connectivity index (χ0) is 18.7. The number of aromatic nitrogens is 2. The molecule has 0 aliphatic carbocycles. The van der Waals surface area contributed by atoms with E-state index in [1.165, 1.54) is 23.0 Å². The minimum absolute atomic E-state index is 0.108. The highest BCUT2D eigenvalue weighted by Gasteiger charge is 2.09. The fourth-order valence-corrected chi connectivity index (χ4v) is 2.85. The first-order valence-corrected chi connectivity index (χ1v) is 8.31. The van der Waals surface area contributed by atoms with E-state index < -0.39 is 0 Å². The number of rotatable bonds is 4. The maximum Gasteiger partial charge on any atom is 0.261 e. The molecular weight excluding hydrogens is 352 g/mol. The Labute approximate surface area is 154 Å². The Balaban J connectivity index is 1.71. The lowest BCUT2D eigenvalue weighted by molar-refractivity contribution is -0.116. The number of hydrogen-bond donors (Lipinski definition) is 1. The highest BCUT2D eigenvalue weighted by atomic mass is 35.5. The largest absolute Gasteiger partial charge is 0.326 e. The summed E-state index contributed by atoms with van der Waals surface area (Å²) in [7, 11) is 0. The number of carbonyl (C=O) groups excluding carboxylic acids is 1. The smallest absolute Gasteiger partial charge is 0.261 e. The first-order chi connectivity index (χ1) is 12.5. The molecular formula is C19H15ClN4O2. The van der Waals surface area contributed by atoms with Crippen LogP contribution in [0.2, 0.25) is 5.02 Å². The van der Waals surface area contributed by atoms with E-state index in [-0.39, 0.29) is 29.5 Å². The Kier molecular flexibility index (Phi) is 5.01. The Morgan fingerprint density at radius 3 is 2.88 bits per heavy atom. The molecule has 1 heterocycles. The van der Waals surface area contributed by atoms with Crippen LogP contribution in [0.1, 0.15) is 17.5 Å². The maximum absolute atomic E-state index is 12.5. The second-order valence-electron chi connectivity index (χ2n) is 5.82. The molecule has 0 radical (unpaired) electrons. The van der Waals surface area contributed by atoms with E-state index in [4.69, 9.17) is 16.9 Å². The van der Waals surface area contributed by atoms with E-state index in [0.717, 1.165) is 5.56 Å². The number of halogens is 1. The quantitative estimate of drug-likeness (QED) is 0.767. The lowest BCUT2D eigenvalue weighted by atomic mass is 10.1. The summed E-state index contributed by atoms with van der Waals surface area (Å²) >= 11 is 5.95. The molecule has 0 bridgehead atoms. The van der Waals surface area contributed by atoms with Gasteiger partial charge in [0.1, 0.15) is 6.07 Å². The van der Waals surface area contributed by atoms with Crippen LogP contribution in [0.5, 0.6) is 0 Å². The van der Waals surface area contributed by atoms with Crippen LogP contribution >= 0.6 is 11.6 Å². The third-order valence-corrected chi connectivity index (χ3v) is 4.32. The third-order valence-electron chi connectivity index (χ3n) is 4.01. The van der Waals surface area contributed by atoms with E-state index in [0.29, 0.717) is 22.2 Å². The average molecular weight is 367 g/mol. The van der Waals surface area contributed by atoms with Crippen molar-refractivity contribution in [2.45, 2.75) is 19.9 Å². The van der Waals surface area contributed by atoms with E-state index in [2.05, 4.69) is 10.3 Å². The molecule has 0 atom stereocenters. The van der Waals surface area contributed by atoms with Gasteiger partial charge in [-0.15, -0.1) is 0 Å². The van der Waals surface area contributed by atoms with Crippen LogP contribution in [0.4, 0.5) is 5.69 Å². The van der Waals surface area contributed by atoms with Crippen molar-refractivity contribution in [3.05, 3.63) is 69.2 Å². The molecule has 2 aromatic carbocycles. The summed E-state index contributed by atoms with van der Waals surface area (Å²) in [5.41, 5.74) is 2.27. The van der Waals surface area contributed by atoms with Gasteiger partial charge in [0, 0.05) is 18.7 Å². The number of aryl methyl sites for hydroxylation is 2. The molecule has 7 heteroatoms. The molecule has 3 rings (SSSR count). The molecule has 1 aromatic heterocycles. The van der Waals surface area contributed by atoms with Crippen molar-refractivity contribution in [3.63, 3.8) is 0 Å². The van der Waals surface area contributed by atoms with Gasteiger partial charge in [0.25, 0.3) is 5.56 Å². The summed E-state index contributed by atoms with van der Waals surface area (Å²) in [4.78, 5) is 29.0. The second-order valence-corrected chi connectivity index (χ2v) is 6.23. The van der Waals surface area contributed by atoms with Crippen LogP contribution in [0.25, 0.3) is 10.9 Å². The molecule has 0 saturated carbocycles. The lowest BCUT2D eigenvalue weighted by Gasteiger charge is -2.09. The highest BCUT2D eigenvalue weighted by Crippen LogP contribution is 2.20. The minimum Gasteiger partial charge on any atom is -0.326 e. The Bertz CT molecular complexity index is 1100. The van der Waals surface area contributed by atoms with Crippen LogP contribution in [0.3, 0.4) is 0 Å². The van der Waals surface area contributed by atoms with E-state index >= 15 is 0 Å². The number of benzene rings is 2. The first kappa shape index (κ1) is 17.6. The van der Waals surface area contributed by atoms with Gasteiger partial charge in [-0.05, 0) is 36.8 Å². The van der Waals surface area contributed by atoms with Crippen LogP contribution in [0.15, 0.2) is 47.5 Å². The van der Waals surface area contributed by atoms with E-state index in [1.807, 2.05) is 25.1 Å². The highest BCUT2D eigenvalue weighted by molar-refractivity contribution is 6.32. The third kappa shape index (κ3) is 3.58. The monoisotopic (exact) mass is 366 g/mol. The molecule has 0 spiro atoms. The van der Waals surface area contributed by atoms with Crippen molar-refractivity contribution < 1.29 is 4.79 Å². The van der Waals surface area contributed by atoms with Crippen LogP contribution in [0, 0.1) is 18.3 Å². The molecule has 3 aromatic rings. The number of anilines is 1. The van der Waals surface area contributed by atoms with E-state index in [9.17, 15) is 9.59 Å². The Morgan fingerprint density at radius 2 is 2.15 bits per heavy atom.